The van der Waals surface area contributed by atoms with Gasteiger partial charge in [-0.3, -0.25) is 11.2 Å². The van der Waals surface area contributed by atoms with Crippen molar-refractivity contribution < 1.29 is 42.2 Å². The quantitative estimate of drug-likeness (QED) is 0.474. The molecule has 0 aliphatic carbocycles. The molecular weight excluding hydrogens is 181 g/mol. The maximum atomic E-state index is 10.1. The summed E-state index contributed by atoms with van der Waals surface area (Å²) >= 11 is 0. The van der Waals surface area contributed by atoms with Crippen molar-refractivity contribution in [2.24, 2.45) is 0 Å². The van der Waals surface area contributed by atoms with Gasteiger partial charge >= 0.3 is 0 Å². The minimum absolute atomic E-state index is 0. The number of esters is 1. The Bertz CT molecular complexity index is 63.4. The molecule has 0 N–H and O–H groups in total. The van der Waals surface area contributed by atoms with E-state index in [4.69, 9.17) is 0 Å². The van der Waals surface area contributed by atoms with Crippen molar-refractivity contribution in [3.63, 3.8) is 0 Å². The molecule has 2 nitrogen and oxygen atoms in total. The van der Waals surface area contributed by atoms with E-state index in [9.17, 15) is 4.79 Å². The van der Waals surface area contributed by atoms with Crippen LogP contribution in [0, 0.1) is 6.42 Å². The average molecular weight is 190 g/mol. The first kappa shape index (κ1) is 11.3. The first-order valence-corrected chi connectivity index (χ1v) is 2.27. The largest absolute Gasteiger partial charge is 0.488 e. The molecule has 0 amide bonds. The van der Waals surface area contributed by atoms with Crippen LogP contribution in [-0.2, 0) is 42.2 Å². The molecule has 8 heavy (non-hydrogen) atoms. The first-order chi connectivity index (χ1) is 3.31. The van der Waals surface area contributed by atoms with Crippen LogP contribution in [0.4, 0.5) is 0 Å². The van der Waals surface area contributed by atoms with Gasteiger partial charge in [0, 0.05) is 32.7 Å². The predicted molar refractivity (Wildman–Crippen MR) is 26.6 cm³/mol. The Labute approximate surface area is 74.9 Å². The summed E-state index contributed by atoms with van der Waals surface area (Å²) in [4.78, 5) is 10.1. The number of hydrogen-bond donors (Lipinski definition) is 0. The van der Waals surface area contributed by atoms with Gasteiger partial charge in [-0.25, -0.2) is 0 Å². The van der Waals surface area contributed by atoms with E-state index in [0.717, 1.165) is 0 Å². The SMILES string of the molecule is C[CH-]C(=O)OCC.[Y]. The van der Waals surface area contributed by atoms with E-state index in [2.05, 4.69) is 4.74 Å². The second-order valence-corrected chi connectivity index (χ2v) is 1.04. The minimum atomic E-state index is -0.248. The van der Waals surface area contributed by atoms with Crippen LogP contribution in [0.15, 0.2) is 0 Å². The van der Waals surface area contributed by atoms with Gasteiger partial charge in [0.15, 0.2) is 5.97 Å². The molecule has 0 saturated heterocycles. The number of carbonyl (C=O) groups excluding carboxylic acids is 1. The van der Waals surface area contributed by atoms with Crippen LogP contribution in [0.25, 0.3) is 0 Å². The summed E-state index contributed by atoms with van der Waals surface area (Å²) < 4.78 is 4.50. The van der Waals surface area contributed by atoms with Crippen LogP contribution in [0.3, 0.4) is 0 Å². The van der Waals surface area contributed by atoms with Crippen LogP contribution in [0.2, 0.25) is 0 Å². The molecule has 0 spiro atoms. The summed E-state index contributed by atoms with van der Waals surface area (Å²) in [5.74, 6) is -0.248. The van der Waals surface area contributed by atoms with Crippen molar-refractivity contribution in [2.45, 2.75) is 13.8 Å². The molecule has 0 aromatic heterocycles. The second-order valence-electron chi connectivity index (χ2n) is 1.04. The van der Waals surface area contributed by atoms with Crippen LogP contribution in [-0.4, -0.2) is 12.6 Å². The fourth-order valence-electron chi connectivity index (χ4n) is 0.226. The van der Waals surface area contributed by atoms with Gasteiger partial charge in [-0.05, 0) is 6.92 Å². The van der Waals surface area contributed by atoms with Gasteiger partial charge < -0.3 is 4.74 Å². The van der Waals surface area contributed by atoms with E-state index in [1.54, 1.807) is 13.8 Å². The van der Waals surface area contributed by atoms with Gasteiger partial charge in [0.1, 0.15) is 0 Å². The topological polar surface area (TPSA) is 26.3 Å². The third-order valence-corrected chi connectivity index (χ3v) is 0.522. The number of rotatable bonds is 2. The Hall–Kier alpha value is 0.444. The predicted octanol–water partition coefficient (Wildman–Crippen LogP) is 0.771. The molecule has 0 fully saturated rings. The molecule has 0 aliphatic heterocycles. The van der Waals surface area contributed by atoms with Crippen molar-refractivity contribution in [1.82, 2.24) is 0 Å². The van der Waals surface area contributed by atoms with Gasteiger partial charge in [-0.2, -0.15) is 6.92 Å². The van der Waals surface area contributed by atoms with Gasteiger partial charge in [-0.1, -0.05) is 0 Å². The molecule has 0 heterocycles. The molecule has 0 atom stereocenters. The van der Waals surface area contributed by atoms with Crippen molar-refractivity contribution in [1.29, 1.82) is 0 Å². The maximum absolute atomic E-state index is 10.1. The third-order valence-electron chi connectivity index (χ3n) is 0.522. The van der Waals surface area contributed by atoms with Gasteiger partial charge in [0.25, 0.3) is 0 Å². The smallest absolute Gasteiger partial charge is 0.166 e. The summed E-state index contributed by atoms with van der Waals surface area (Å²) in [6, 6.07) is 0. The normalized spacial score (nSPS) is 6.75. The molecular formula is C5H9O2Y-. The molecule has 0 rings (SSSR count). The van der Waals surface area contributed by atoms with Gasteiger partial charge in [0.2, 0.25) is 0 Å². The van der Waals surface area contributed by atoms with Crippen LogP contribution < -0.4 is 0 Å². The molecule has 0 saturated carbocycles. The number of hydrogen-bond acceptors (Lipinski definition) is 2. The van der Waals surface area contributed by atoms with E-state index in [-0.39, 0.29) is 38.7 Å². The molecule has 3 heteroatoms. The fourth-order valence-corrected chi connectivity index (χ4v) is 0.226. The number of ether oxygens (including phenoxy) is 1. The zero-order valence-electron chi connectivity index (χ0n) is 5.18. The molecule has 0 aromatic carbocycles. The first-order valence-electron chi connectivity index (χ1n) is 2.27. The Morgan fingerprint density at radius 2 is 2.25 bits per heavy atom. The minimum Gasteiger partial charge on any atom is -0.488 e. The van der Waals surface area contributed by atoms with Crippen LogP contribution >= 0.6 is 0 Å². The maximum Gasteiger partial charge on any atom is 0.166 e. The van der Waals surface area contributed by atoms with E-state index >= 15 is 0 Å². The van der Waals surface area contributed by atoms with Crippen LogP contribution in [0.1, 0.15) is 13.8 Å². The molecule has 0 bridgehead atoms. The summed E-state index contributed by atoms with van der Waals surface area (Å²) in [6.45, 7) is 3.89. The summed E-state index contributed by atoms with van der Waals surface area (Å²) in [7, 11) is 0. The van der Waals surface area contributed by atoms with E-state index in [0.29, 0.717) is 6.61 Å². The molecule has 1 radical (unpaired) electrons. The summed E-state index contributed by atoms with van der Waals surface area (Å²) in [5, 5.41) is 0. The zero-order valence-corrected chi connectivity index (χ0v) is 8.02. The van der Waals surface area contributed by atoms with E-state index < -0.39 is 0 Å². The Kier molecular flexibility index (Phi) is 10.5. The Morgan fingerprint density at radius 3 is 2.38 bits per heavy atom. The summed E-state index contributed by atoms with van der Waals surface area (Å²) in [5.41, 5.74) is 0. The Balaban J connectivity index is 0. The molecule has 0 aromatic rings. The average Bonchev–Trinajstić information content (AvgIpc) is 1.68. The van der Waals surface area contributed by atoms with Crippen molar-refractivity contribution >= 4 is 5.97 Å². The molecule has 0 aliphatic rings. The van der Waals surface area contributed by atoms with E-state index in [1.165, 1.54) is 6.42 Å². The summed E-state index contributed by atoms with van der Waals surface area (Å²) in [6.07, 6.45) is 1.39. The van der Waals surface area contributed by atoms with E-state index in [1.807, 2.05) is 0 Å². The fraction of sp³-hybridized carbons (Fsp3) is 0.600. The zero-order chi connectivity index (χ0) is 5.70. The van der Waals surface area contributed by atoms with Crippen molar-refractivity contribution in [3.8, 4) is 0 Å². The number of carbonyl (C=O) groups is 1. The molecule has 45 valence electrons. The standard InChI is InChI=1S/C5H9O2.Y/c1-3-5(6)7-4-2;/h3H,4H2,1-2H3;/q-1;. The monoisotopic (exact) mass is 190 g/mol. The van der Waals surface area contributed by atoms with Crippen molar-refractivity contribution in [2.75, 3.05) is 6.61 Å². The van der Waals surface area contributed by atoms with Crippen molar-refractivity contribution in [3.05, 3.63) is 6.42 Å². The van der Waals surface area contributed by atoms with Gasteiger partial charge in [0.05, 0.1) is 6.61 Å². The second kappa shape index (κ2) is 7.44. The van der Waals surface area contributed by atoms with Crippen LogP contribution in [0.5, 0.6) is 0 Å². The third kappa shape index (κ3) is 6.44. The van der Waals surface area contributed by atoms with Gasteiger partial charge in [-0.15, -0.1) is 0 Å². The Morgan fingerprint density at radius 1 is 1.75 bits per heavy atom. The molecule has 0 unspecified atom stereocenters.